The lowest BCUT2D eigenvalue weighted by Gasteiger charge is -2.06. The Morgan fingerprint density at radius 1 is 1.07 bits per heavy atom. The molecule has 0 unspecified atom stereocenters. The van der Waals surface area contributed by atoms with Crippen LogP contribution in [-0.2, 0) is 0 Å². The van der Waals surface area contributed by atoms with E-state index in [0.717, 1.165) is 16.9 Å². The summed E-state index contributed by atoms with van der Waals surface area (Å²) in [4.78, 5) is 4.35. The molecule has 2 heteroatoms. The SMILES string of the molecule is Cc1cnc(C)c(-c2ccc(N)cc2)c1. The van der Waals surface area contributed by atoms with Crippen LogP contribution in [0, 0.1) is 13.8 Å². The van der Waals surface area contributed by atoms with E-state index in [1.807, 2.05) is 44.3 Å². The van der Waals surface area contributed by atoms with Crippen molar-refractivity contribution in [2.45, 2.75) is 13.8 Å². The quantitative estimate of drug-likeness (QED) is 0.715. The molecule has 1 heterocycles. The van der Waals surface area contributed by atoms with Crippen LogP contribution in [0.4, 0.5) is 5.69 Å². The second-order valence-electron chi connectivity index (χ2n) is 3.77. The summed E-state index contributed by atoms with van der Waals surface area (Å²) < 4.78 is 0. The zero-order valence-electron chi connectivity index (χ0n) is 8.99. The molecular formula is C13H14N2. The first-order valence-corrected chi connectivity index (χ1v) is 4.96. The molecule has 0 saturated heterocycles. The first kappa shape index (κ1) is 9.71. The molecule has 0 spiro atoms. The highest BCUT2D eigenvalue weighted by Crippen LogP contribution is 2.23. The summed E-state index contributed by atoms with van der Waals surface area (Å²) in [5.74, 6) is 0. The van der Waals surface area contributed by atoms with Crippen LogP contribution in [0.5, 0.6) is 0 Å². The molecule has 0 bridgehead atoms. The monoisotopic (exact) mass is 198 g/mol. The van der Waals surface area contributed by atoms with E-state index in [0.29, 0.717) is 0 Å². The Bertz CT molecular complexity index is 472. The molecule has 0 radical (unpaired) electrons. The fourth-order valence-electron chi connectivity index (χ4n) is 1.59. The molecule has 2 nitrogen and oxygen atoms in total. The molecule has 0 aliphatic rings. The Balaban J connectivity index is 2.53. The number of anilines is 1. The molecule has 1 aromatic heterocycles. The van der Waals surface area contributed by atoms with E-state index in [1.165, 1.54) is 11.1 Å². The minimum absolute atomic E-state index is 0.789. The summed E-state index contributed by atoms with van der Waals surface area (Å²) in [5, 5.41) is 0. The van der Waals surface area contributed by atoms with E-state index in [4.69, 9.17) is 5.73 Å². The molecule has 0 aliphatic carbocycles. The summed E-state index contributed by atoms with van der Waals surface area (Å²) in [6.07, 6.45) is 1.89. The predicted molar refractivity (Wildman–Crippen MR) is 63.6 cm³/mol. The largest absolute Gasteiger partial charge is 0.399 e. The number of pyridine rings is 1. The van der Waals surface area contributed by atoms with Gasteiger partial charge in [-0.25, -0.2) is 0 Å². The Morgan fingerprint density at radius 2 is 1.73 bits per heavy atom. The van der Waals surface area contributed by atoms with Crippen LogP contribution in [0.3, 0.4) is 0 Å². The van der Waals surface area contributed by atoms with Crippen LogP contribution in [0.1, 0.15) is 11.3 Å². The summed E-state index contributed by atoms with van der Waals surface area (Å²) in [6.45, 7) is 4.07. The zero-order valence-corrected chi connectivity index (χ0v) is 8.99. The van der Waals surface area contributed by atoms with Gasteiger partial charge < -0.3 is 5.73 Å². The third-order valence-electron chi connectivity index (χ3n) is 2.45. The molecule has 2 rings (SSSR count). The highest BCUT2D eigenvalue weighted by Gasteiger charge is 2.02. The van der Waals surface area contributed by atoms with E-state index in [1.54, 1.807) is 0 Å². The zero-order chi connectivity index (χ0) is 10.8. The fraction of sp³-hybridized carbons (Fsp3) is 0.154. The van der Waals surface area contributed by atoms with Crippen LogP contribution < -0.4 is 5.73 Å². The van der Waals surface area contributed by atoms with E-state index in [9.17, 15) is 0 Å². The van der Waals surface area contributed by atoms with Gasteiger partial charge in [-0.3, -0.25) is 4.98 Å². The number of aromatic nitrogens is 1. The van der Waals surface area contributed by atoms with Crippen molar-refractivity contribution in [3.8, 4) is 11.1 Å². The lowest BCUT2D eigenvalue weighted by molar-refractivity contribution is 1.17. The number of nitrogens with zero attached hydrogens (tertiary/aromatic N) is 1. The second kappa shape index (κ2) is 3.73. The van der Waals surface area contributed by atoms with E-state index < -0.39 is 0 Å². The number of aryl methyl sites for hydroxylation is 2. The summed E-state index contributed by atoms with van der Waals surface area (Å²) in [7, 11) is 0. The average Bonchev–Trinajstić information content (AvgIpc) is 2.23. The van der Waals surface area contributed by atoms with Gasteiger partial charge in [-0.05, 0) is 43.2 Å². The minimum atomic E-state index is 0.789. The van der Waals surface area contributed by atoms with Crippen molar-refractivity contribution in [2.24, 2.45) is 0 Å². The molecule has 0 fully saturated rings. The number of hydrogen-bond donors (Lipinski definition) is 1. The van der Waals surface area contributed by atoms with Crippen molar-refractivity contribution < 1.29 is 0 Å². The molecule has 0 aliphatic heterocycles. The third kappa shape index (κ3) is 1.99. The van der Waals surface area contributed by atoms with Crippen LogP contribution in [0.25, 0.3) is 11.1 Å². The number of rotatable bonds is 1. The Kier molecular flexibility index (Phi) is 2.42. The Labute approximate surface area is 89.8 Å². The van der Waals surface area contributed by atoms with Crippen molar-refractivity contribution in [1.29, 1.82) is 0 Å². The van der Waals surface area contributed by atoms with E-state index in [-0.39, 0.29) is 0 Å². The van der Waals surface area contributed by atoms with Crippen molar-refractivity contribution in [3.05, 3.63) is 47.8 Å². The Morgan fingerprint density at radius 3 is 2.40 bits per heavy atom. The summed E-state index contributed by atoms with van der Waals surface area (Å²) in [6, 6.07) is 10.0. The van der Waals surface area contributed by atoms with Gasteiger partial charge in [0.05, 0.1) is 0 Å². The number of nitrogen functional groups attached to an aromatic ring is 1. The lowest BCUT2D eigenvalue weighted by Crippen LogP contribution is -1.90. The van der Waals surface area contributed by atoms with E-state index >= 15 is 0 Å². The van der Waals surface area contributed by atoms with Crippen LogP contribution >= 0.6 is 0 Å². The smallest absolute Gasteiger partial charge is 0.0451 e. The topological polar surface area (TPSA) is 38.9 Å². The standard InChI is InChI=1S/C13H14N2/c1-9-7-13(10(2)15-8-9)11-3-5-12(14)6-4-11/h3-8H,14H2,1-2H3. The van der Waals surface area contributed by atoms with Gasteiger partial charge in [-0.2, -0.15) is 0 Å². The van der Waals surface area contributed by atoms with Gasteiger partial charge in [-0.15, -0.1) is 0 Å². The maximum Gasteiger partial charge on any atom is 0.0451 e. The maximum atomic E-state index is 5.66. The van der Waals surface area contributed by atoms with Gasteiger partial charge >= 0.3 is 0 Å². The van der Waals surface area contributed by atoms with Crippen LogP contribution in [0.2, 0.25) is 0 Å². The van der Waals surface area contributed by atoms with Crippen LogP contribution in [0.15, 0.2) is 36.5 Å². The lowest BCUT2D eigenvalue weighted by atomic mass is 10.0. The highest BCUT2D eigenvalue weighted by molar-refractivity contribution is 5.67. The molecule has 76 valence electrons. The Hall–Kier alpha value is -1.83. The number of hydrogen-bond acceptors (Lipinski definition) is 2. The number of nitrogens with two attached hydrogens (primary N) is 1. The maximum absolute atomic E-state index is 5.66. The summed E-state index contributed by atoms with van der Waals surface area (Å²) >= 11 is 0. The first-order valence-electron chi connectivity index (χ1n) is 4.96. The van der Waals surface area contributed by atoms with Crippen molar-refractivity contribution in [1.82, 2.24) is 4.98 Å². The molecule has 15 heavy (non-hydrogen) atoms. The van der Waals surface area contributed by atoms with Gasteiger partial charge in [0, 0.05) is 23.1 Å². The fourth-order valence-corrected chi connectivity index (χ4v) is 1.59. The highest BCUT2D eigenvalue weighted by atomic mass is 14.7. The van der Waals surface area contributed by atoms with Crippen molar-refractivity contribution in [2.75, 3.05) is 5.73 Å². The van der Waals surface area contributed by atoms with E-state index in [2.05, 4.69) is 11.1 Å². The van der Waals surface area contributed by atoms with Gasteiger partial charge in [0.25, 0.3) is 0 Å². The molecular weight excluding hydrogens is 184 g/mol. The van der Waals surface area contributed by atoms with Gasteiger partial charge in [0.1, 0.15) is 0 Å². The minimum Gasteiger partial charge on any atom is -0.399 e. The first-order chi connectivity index (χ1) is 7.16. The molecule has 0 amide bonds. The predicted octanol–water partition coefficient (Wildman–Crippen LogP) is 2.95. The third-order valence-corrected chi connectivity index (χ3v) is 2.45. The van der Waals surface area contributed by atoms with Crippen LogP contribution in [-0.4, -0.2) is 4.98 Å². The molecule has 0 atom stereocenters. The van der Waals surface area contributed by atoms with Gasteiger partial charge in [-0.1, -0.05) is 12.1 Å². The average molecular weight is 198 g/mol. The molecule has 0 saturated carbocycles. The van der Waals surface area contributed by atoms with Crippen molar-refractivity contribution >= 4 is 5.69 Å². The molecule has 1 aromatic carbocycles. The van der Waals surface area contributed by atoms with Gasteiger partial charge in [0.15, 0.2) is 0 Å². The molecule has 2 aromatic rings. The van der Waals surface area contributed by atoms with Gasteiger partial charge in [0.2, 0.25) is 0 Å². The molecule has 2 N–H and O–H groups in total. The number of benzene rings is 1. The normalized spacial score (nSPS) is 10.3. The van der Waals surface area contributed by atoms with Crippen molar-refractivity contribution in [3.63, 3.8) is 0 Å². The summed E-state index contributed by atoms with van der Waals surface area (Å²) in [5.41, 5.74) is 11.0. The second-order valence-corrected chi connectivity index (χ2v) is 3.77.